The van der Waals surface area contributed by atoms with Crippen LogP contribution in [-0.4, -0.2) is 71.6 Å². The van der Waals surface area contributed by atoms with Crippen molar-refractivity contribution in [3.63, 3.8) is 0 Å². The third kappa shape index (κ3) is 6.45. The van der Waals surface area contributed by atoms with Crippen molar-refractivity contribution in [2.24, 2.45) is 0 Å². The lowest BCUT2D eigenvalue weighted by atomic mass is 9.93. The first-order chi connectivity index (χ1) is 14.4. The molecule has 1 aromatic rings. The van der Waals surface area contributed by atoms with Gasteiger partial charge in [0, 0.05) is 51.3 Å². The fourth-order valence-corrected chi connectivity index (χ4v) is 4.25. The van der Waals surface area contributed by atoms with Gasteiger partial charge in [-0.05, 0) is 36.6 Å². The van der Waals surface area contributed by atoms with Crippen molar-refractivity contribution in [1.82, 2.24) is 15.1 Å². The molecule has 1 heterocycles. The lowest BCUT2D eigenvalue weighted by molar-refractivity contribution is -0.130. The predicted octanol–water partition coefficient (Wildman–Crippen LogP) is 2.96. The van der Waals surface area contributed by atoms with Crippen LogP contribution in [0.15, 0.2) is 24.3 Å². The molecular weight excluding hydrogens is 425 g/mol. The molecule has 1 saturated heterocycles. The van der Waals surface area contributed by atoms with Crippen LogP contribution in [0.3, 0.4) is 0 Å². The first kappa shape index (κ1) is 23.1. The quantitative estimate of drug-likeness (QED) is 0.649. The van der Waals surface area contributed by atoms with Crippen LogP contribution in [-0.2, 0) is 9.59 Å². The summed E-state index contributed by atoms with van der Waals surface area (Å²) in [6, 6.07) is 5.31. The van der Waals surface area contributed by atoms with Gasteiger partial charge in [0.25, 0.3) is 0 Å². The van der Waals surface area contributed by atoms with Crippen LogP contribution >= 0.6 is 23.2 Å². The maximum absolute atomic E-state index is 12.6. The second-order valence-corrected chi connectivity index (χ2v) is 8.69. The zero-order chi connectivity index (χ0) is 21.5. The van der Waals surface area contributed by atoms with Crippen molar-refractivity contribution in [1.29, 1.82) is 0 Å². The Kier molecular flexibility index (Phi) is 8.57. The maximum Gasteiger partial charge on any atom is 0.246 e. The highest BCUT2D eigenvalue weighted by Gasteiger charge is 2.25. The number of nitrogens with zero attached hydrogens (tertiary/aromatic N) is 2. The molecule has 2 fully saturated rings. The van der Waals surface area contributed by atoms with Gasteiger partial charge in [0.1, 0.15) is 0 Å². The third-order valence-electron chi connectivity index (χ3n) is 5.78. The van der Waals surface area contributed by atoms with Crippen LogP contribution < -0.4 is 5.32 Å². The minimum atomic E-state index is -0.297. The Labute approximate surface area is 187 Å². The van der Waals surface area contributed by atoms with E-state index in [2.05, 4.69) is 5.32 Å². The van der Waals surface area contributed by atoms with E-state index >= 15 is 0 Å². The van der Waals surface area contributed by atoms with E-state index in [1.54, 1.807) is 34.1 Å². The van der Waals surface area contributed by atoms with Crippen molar-refractivity contribution >= 4 is 41.1 Å². The van der Waals surface area contributed by atoms with Crippen molar-refractivity contribution in [2.75, 3.05) is 32.7 Å². The number of benzene rings is 1. The molecule has 8 heteroatoms. The monoisotopic (exact) mass is 453 g/mol. The van der Waals surface area contributed by atoms with E-state index in [1.165, 1.54) is 6.08 Å². The minimum absolute atomic E-state index is 0.0600. The third-order valence-corrected chi connectivity index (χ3v) is 6.52. The predicted molar refractivity (Wildman–Crippen MR) is 120 cm³/mol. The largest absolute Gasteiger partial charge is 0.392 e. The number of aliphatic hydroxyl groups excluding tert-OH is 1. The molecule has 30 heavy (non-hydrogen) atoms. The average molecular weight is 454 g/mol. The summed E-state index contributed by atoms with van der Waals surface area (Å²) in [5, 5.41) is 14.3. The summed E-state index contributed by atoms with van der Waals surface area (Å²) in [5.41, 5.74) is 0.793. The van der Waals surface area contributed by atoms with Crippen LogP contribution in [0.1, 0.15) is 37.7 Å². The van der Waals surface area contributed by atoms with E-state index in [9.17, 15) is 14.7 Å². The Morgan fingerprint density at radius 2 is 1.97 bits per heavy atom. The lowest BCUT2D eigenvalue weighted by Crippen LogP contribution is -2.46. The van der Waals surface area contributed by atoms with Gasteiger partial charge in [0.15, 0.2) is 0 Å². The molecule has 2 aliphatic rings. The number of aliphatic hydroxyl groups is 1. The van der Waals surface area contributed by atoms with E-state index in [1.807, 2.05) is 0 Å². The second-order valence-electron chi connectivity index (χ2n) is 7.88. The number of halogens is 2. The highest BCUT2D eigenvalue weighted by atomic mass is 35.5. The molecule has 1 aromatic carbocycles. The van der Waals surface area contributed by atoms with Gasteiger partial charge in [-0.2, -0.15) is 0 Å². The SMILES string of the molecule is O=C(C=Cc1ccc(Cl)c(Cl)c1)N1CCC(=O)N(CCN[C@@H]2CCCC[C@H]2O)CC1. The summed E-state index contributed by atoms with van der Waals surface area (Å²) in [6.45, 7) is 2.67. The van der Waals surface area contributed by atoms with Crippen molar-refractivity contribution in [3.8, 4) is 0 Å². The van der Waals surface area contributed by atoms with E-state index in [-0.39, 0.29) is 24.0 Å². The number of hydrogen-bond acceptors (Lipinski definition) is 4. The smallest absolute Gasteiger partial charge is 0.246 e. The molecular formula is C22H29Cl2N3O3. The van der Waals surface area contributed by atoms with E-state index < -0.39 is 0 Å². The summed E-state index contributed by atoms with van der Waals surface area (Å²) in [7, 11) is 0. The first-order valence-corrected chi connectivity index (χ1v) is 11.3. The number of amides is 2. The van der Waals surface area contributed by atoms with Crippen molar-refractivity contribution in [2.45, 2.75) is 44.2 Å². The zero-order valence-corrected chi connectivity index (χ0v) is 18.5. The van der Waals surface area contributed by atoms with Crippen LogP contribution in [0.5, 0.6) is 0 Å². The first-order valence-electron chi connectivity index (χ1n) is 10.6. The van der Waals surface area contributed by atoms with E-state index in [4.69, 9.17) is 23.2 Å². The Bertz CT molecular complexity index is 787. The number of nitrogens with one attached hydrogen (secondary N) is 1. The zero-order valence-electron chi connectivity index (χ0n) is 17.0. The fraction of sp³-hybridized carbons (Fsp3) is 0.545. The molecule has 0 aromatic heterocycles. The van der Waals surface area contributed by atoms with Gasteiger partial charge in [0.05, 0.1) is 16.1 Å². The molecule has 0 bridgehead atoms. The average Bonchev–Trinajstić information content (AvgIpc) is 2.92. The molecule has 3 rings (SSSR count). The van der Waals surface area contributed by atoms with E-state index in [0.717, 1.165) is 31.2 Å². The van der Waals surface area contributed by atoms with Gasteiger partial charge in [0.2, 0.25) is 11.8 Å². The molecule has 1 aliphatic heterocycles. The molecule has 0 spiro atoms. The van der Waals surface area contributed by atoms with Crippen molar-refractivity contribution in [3.05, 3.63) is 39.9 Å². The van der Waals surface area contributed by atoms with Crippen LogP contribution in [0.25, 0.3) is 6.08 Å². The minimum Gasteiger partial charge on any atom is -0.392 e. The summed E-state index contributed by atoms with van der Waals surface area (Å²) in [5.74, 6) is -0.0658. The highest BCUT2D eigenvalue weighted by molar-refractivity contribution is 6.42. The molecule has 2 N–H and O–H groups in total. The van der Waals surface area contributed by atoms with Gasteiger partial charge in [-0.1, -0.05) is 42.1 Å². The standard InChI is InChI=1S/C22H29Cl2N3O3/c23-17-7-5-16(15-18(17)24)6-8-21(29)26-11-9-22(30)27(14-13-26)12-10-25-19-3-1-2-4-20(19)28/h5-8,15,19-20,25,28H,1-4,9-14H2/t19-,20-/m1/s1. The molecule has 0 radical (unpaired) electrons. The highest BCUT2D eigenvalue weighted by Crippen LogP contribution is 2.23. The van der Waals surface area contributed by atoms with Gasteiger partial charge in [-0.15, -0.1) is 0 Å². The summed E-state index contributed by atoms with van der Waals surface area (Å²) >= 11 is 11.9. The Morgan fingerprint density at radius 3 is 2.73 bits per heavy atom. The van der Waals surface area contributed by atoms with Crippen molar-refractivity contribution < 1.29 is 14.7 Å². The Morgan fingerprint density at radius 1 is 1.17 bits per heavy atom. The van der Waals surface area contributed by atoms with E-state index in [0.29, 0.717) is 49.2 Å². The normalized spacial score (nSPS) is 23.1. The van der Waals surface area contributed by atoms with Gasteiger partial charge < -0.3 is 20.2 Å². The summed E-state index contributed by atoms with van der Waals surface area (Å²) < 4.78 is 0. The topological polar surface area (TPSA) is 72.9 Å². The Hall–Kier alpha value is -1.60. The lowest BCUT2D eigenvalue weighted by Gasteiger charge is -2.29. The molecule has 1 aliphatic carbocycles. The molecule has 2 amide bonds. The molecule has 0 unspecified atom stereocenters. The Balaban J connectivity index is 1.47. The molecule has 164 valence electrons. The number of hydrogen-bond donors (Lipinski definition) is 2. The van der Waals surface area contributed by atoms with Gasteiger partial charge in [-0.3, -0.25) is 9.59 Å². The molecule has 2 atom stereocenters. The number of carbonyl (C=O) groups excluding carboxylic acids is 2. The van der Waals surface area contributed by atoms with Gasteiger partial charge in [-0.25, -0.2) is 0 Å². The van der Waals surface area contributed by atoms with Gasteiger partial charge >= 0.3 is 0 Å². The number of rotatable bonds is 6. The number of carbonyl (C=O) groups is 2. The molecule has 6 nitrogen and oxygen atoms in total. The molecule has 1 saturated carbocycles. The fourth-order valence-electron chi connectivity index (χ4n) is 3.95. The summed E-state index contributed by atoms with van der Waals surface area (Å²) in [4.78, 5) is 28.5. The van der Waals surface area contributed by atoms with Crippen LogP contribution in [0.4, 0.5) is 0 Å². The van der Waals surface area contributed by atoms with Crippen LogP contribution in [0.2, 0.25) is 10.0 Å². The maximum atomic E-state index is 12.6. The van der Waals surface area contributed by atoms with Crippen LogP contribution in [0, 0.1) is 0 Å². The summed E-state index contributed by atoms with van der Waals surface area (Å²) in [6.07, 6.45) is 7.25. The second kappa shape index (κ2) is 11.1.